The molecule has 5 nitrogen and oxygen atoms in total. The SMILES string of the molecule is COC(CN)C(=O)NC1CCOC1C.Cl. The number of hydrogen-bond acceptors (Lipinski definition) is 4. The molecule has 0 aromatic carbocycles. The zero-order valence-electron chi connectivity index (χ0n) is 9.06. The fourth-order valence-electron chi connectivity index (χ4n) is 1.51. The van der Waals surface area contributed by atoms with Crippen LogP contribution in [0.1, 0.15) is 13.3 Å². The van der Waals surface area contributed by atoms with E-state index in [0.29, 0.717) is 6.61 Å². The highest BCUT2D eigenvalue weighted by atomic mass is 35.5. The van der Waals surface area contributed by atoms with Gasteiger partial charge in [-0.2, -0.15) is 0 Å². The number of carbonyl (C=O) groups excluding carboxylic acids is 1. The summed E-state index contributed by atoms with van der Waals surface area (Å²) < 4.78 is 10.3. The van der Waals surface area contributed by atoms with Gasteiger partial charge in [0.15, 0.2) is 0 Å². The van der Waals surface area contributed by atoms with Crippen molar-refractivity contribution < 1.29 is 14.3 Å². The molecule has 1 aliphatic rings. The second-order valence-electron chi connectivity index (χ2n) is 3.44. The van der Waals surface area contributed by atoms with Crippen LogP contribution >= 0.6 is 12.4 Å². The Balaban J connectivity index is 0.00000196. The van der Waals surface area contributed by atoms with E-state index in [1.165, 1.54) is 7.11 Å². The van der Waals surface area contributed by atoms with Crippen molar-refractivity contribution in [3.8, 4) is 0 Å². The van der Waals surface area contributed by atoms with Gasteiger partial charge in [-0.25, -0.2) is 0 Å². The molecule has 90 valence electrons. The molecule has 1 heterocycles. The fourth-order valence-corrected chi connectivity index (χ4v) is 1.51. The summed E-state index contributed by atoms with van der Waals surface area (Å²) in [7, 11) is 1.48. The van der Waals surface area contributed by atoms with Crippen molar-refractivity contribution in [1.82, 2.24) is 5.32 Å². The van der Waals surface area contributed by atoms with Crippen molar-refractivity contribution >= 4 is 18.3 Å². The van der Waals surface area contributed by atoms with Crippen molar-refractivity contribution in [1.29, 1.82) is 0 Å². The molecular weight excluding hydrogens is 220 g/mol. The first kappa shape index (κ1) is 14.6. The summed E-state index contributed by atoms with van der Waals surface area (Å²) in [6, 6.07) is 0.0895. The molecular formula is C9H19ClN2O3. The molecule has 1 rings (SSSR count). The highest BCUT2D eigenvalue weighted by Gasteiger charge is 2.27. The van der Waals surface area contributed by atoms with Gasteiger partial charge in [0.1, 0.15) is 6.10 Å². The number of carbonyl (C=O) groups is 1. The molecule has 0 saturated carbocycles. The number of amides is 1. The van der Waals surface area contributed by atoms with E-state index in [-0.39, 0.29) is 37.0 Å². The van der Waals surface area contributed by atoms with Crippen LogP contribution in [0.25, 0.3) is 0 Å². The number of methoxy groups -OCH3 is 1. The zero-order chi connectivity index (χ0) is 10.6. The lowest BCUT2D eigenvalue weighted by Gasteiger charge is -2.19. The summed E-state index contributed by atoms with van der Waals surface area (Å²) in [6.45, 7) is 2.85. The average molecular weight is 239 g/mol. The standard InChI is InChI=1S/C9H18N2O3.ClH/c1-6-7(3-4-14-6)11-9(12)8(5-10)13-2;/h6-8H,3-5,10H2,1-2H3,(H,11,12);1H. The van der Waals surface area contributed by atoms with E-state index in [2.05, 4.69) is 5.32 Å². The lowest BCUT2D eigenvalue weighted by atomic mass is 10.1. The summed E-state index contributed by atoms with van der Waals surface area (Å²) in [5.74, 6) is -0.155. The number of rotatable bonds is 4. The normalized spacial score (nSPS) is 26.9. The molecule has 0 aliphatic carbocycles. The Labute approximate surface area is 96.1 Å². The number of halogens is 1. The Kier molecular flexibility index (Phi) is 6.84. The molecule has 1 aliphatic heterocycles. The predicted octanol–water partition coefficient (Wildman–Crippen LogP) is -0.324. The van der Waals surface area contributed by atoms with Crippen molar-refractivity contribution in [3.63, 3.8) is 0 Å². The van der Waals surface area contributed by atoms with Crippen LogP contribution in [0, 0.1) is 0 Å². The summed E-state index contributed by atoms with van der Waals surface area (Å²) in [4.78, 5) is 11.5. The maximum Gasteiger partial charge on any atom is 0.250 e. The van der Waals surface area contributed by atoms with Gasteiger partial charge in [0.25, 0.3) is 5.91 Å². The maximum absolute atomic E-state index is 11.5. The Bertz CT molecular complexity index is 200. The smallest absolute Gasteiger partial charge is 0.250 e. The first-order valence-corrected chi connectivity index (χ1v) is 4.84. The molecule has 1 saturated heterocycles. The van der Waals surface area contributed by atoms with Crippen LogP contribution in [0.3, 0.4) is 0 Å². The highest BCUT2D eigenvalue weighted by Crippen LogP contribution is 2.12. The van der Waals surface area contributed by atoms with E-state index in [9.17, 15) is 4.79 Å². The van der Waals surface area contributed by atoms with Crippen molar-refractivity contribution in [2.45, 2.75) is 31.6 Å². The largest absolute Gasteiger partial charge is 0.376 e. The molecule has 0 aromatic heterocycles. The minimum absolute atomic E-state index is 0. The fraction of sp³-hybridized carbons (Fsp3) is 0.889. The van der Waals surface area contributed by atoms with Gasteiger partial charge >= 0.3 is 0 Å². The van der Waals surface area contributed by atoms with E-state index >= 15 is 0 Å². The molecule has 3 N–H and O–H groups in total. The molecule has 0 aromatic rings. The third-order valence-electron chi connectivity index (χ3n) is 2.49. The average Bonchev–Trinajstić information content (AvgIpc) is 2.54. The summed E-state index contributed by atoms with van der Waals surface area (Å²) in [6.07, 6.45) is 0.380. The molecule has 1 fully saturated rings. The van der Waals surface area contributed by atoms with Crippen molar-refractivity contribution in [2.24, 2.45) is 5.73 Å². The van der Waals surface area contributed by atoms with Crippen LogP contribution in [-0.4, -0.2) is 44.4 Å². The van der Waals surface area contributed by atoms with Crippen LogP contribution in [0.5, 0.6) is 0 Å². The first-order valence-electron chi connectivity index (χ1n) is 4.84. The summed E-state index contributed by atoms with van der Waals surface area (Å²) >= 11 is 0. The van der Waals surface area contributed by atoms with Gasteiger partial charge in [0, 0.05) is 20.3 Å². The second-order valence-corrected chi connectivity index (χ2v) is 3.44. The van der Waals surface area contributed by atoms with Gasteiger partial charge in [-0.3, -0.25) is 4.79 Å². The highest BCUT2D eigenvalue weighted by molar-refractivity contribution is 5.85. The van der Waals surface area contributed by atoms with Crippen LogP contribution < -0.4 is 11.1 Å². The Morgan fingerprint density at radius 2 is 2.40 bits per heavy atom. The van der Waals surface area contributed by atoms with Gasteiger partial charge in [0.05, 0.1) is 12.1 Å². The molecule has 0 bridgehead atoms. The Hall–Kier alpha value is -0.360. The van der Waals surface area contributed by atoms with Crippen LogP contribution in [0.15, 0.2) is 0 Å². The Morgan fingerprint density at radius 1 is 1.73 bits per heavy atom. The quantitative estimate of drug-likeness (QED) is 0.704. The number of nitrogens with one attached hydrogen (secondary N) is 1. The second kappa shape index (κ2) is 7.00. The van der Waals surface area contributed by atoms with Crippen LogP contribution in [-0.2, 0) is 14.3 Å². The molecule has 0 spiro atoms. The maximum atomic E-state index is 11.5. The van der Waals surface area contributed by atoms with Gasteiger partial charge in [0.2, 0.25) is 0 Å². The predicted molar refractivity (Wildman–Crippen MR) is 59.1 cm³/mol. The molecule has 15 heavy (non-hydrogen) atoms. The number of nitrogens with two attached hydrogens (primary N) is 1. The van der Waals surface area contributed by atoms with Crippen molar-refractivity contribution in [3.05, 3.63) is 0 Å². The zero-order valence-corrected chi connectivity index (χ0v) is 9.88. The number of hydrogen-bond donors (Lipinski definition) is 2. The lowest BCUT2D eigenvalue weighted by Crippen LogP contribution is -2.47. The first-order chi connectivity index (χ1) is 6.69. The van der Waals surface area contributed by atoms with E-state index in [1.807, 2.05) is 6.92 Å². The monoisotopic (exact) mass is 238 g/mol. The van der Waals surface area contributed by atoms with Gasteiger partial charge in [-0.1, -0.05) is 0 Å². The lowest BCUT2D eigenvalue weighted by molar-refractivity contribution is -0.131. The van der Waals surface area contributed by atoms with Crippen molar-refractivity contribution in [2.75, 3.05) is 20.3 Å². The molecule has 0 radical (unpaired) electrons. The van der Waals surface area contributed by atoms with E-state index in [4.69, 9.17) is 15.2 Å². The van der Waals surface area contributed by atoms with E-state index in [0.717, 1.165) is 6.42 Å². The molecule has 3 atom stereocenters. The third-order valence-corrected chi connectivity index (χ3v) is 2.49. The Morgan fingerprint density at radius 3 is 2.80 bits per heavy atom. The summed E-state index contributed by atoms with van der Waals surface area (Å²) in [5, 5.41) is 2.86. The minimum Gasteiger partial charge on any atom is -0.376 e. The van der Waals surface area contributed by atoms with Crippen LogP contribution in [0.2, 0.25) is 0 Å². The molecule has 3 unspecified atom stereocenters. The van der Waals surface area contributed by atoms with E-state index in [1.54, 1.807) is 0 Å². The van der Waals surface area contributed by atoms with Crippen LogP contribution in [0.4, 0.5) is 0 Å². The third kappa shape index (κ3) is 3.95. The minimum atomic E-state index is -0.553. The van der Waals surface area contributed by atoms with Gasteiger partial charge in [-0.05, 0) is 13.3 Å². The number of ether oxygens (including phenoxy) is 2. The molecule has 1 amide bonds. The van der Waals surface area contributed by atoms with Gasteiger partial charge < -0.3 is 20.5 Å². The summed E-state index contributed by atoms with van der Waals surface area (Å²) in [5.41, 5.74) is 5.38. The molecule has 6 heteroatoms. The van der Waals surface area contributed by atoms with Gasteiger partial charge in [-0.15, -0.1) is 12.4 Å². The topological polar surface area (TPSA) is 73.6 Å². The van der Waals surface area contributed by atoms with E-state index < -0.39 is 6.10 Å².